The van der Waals surface area contributed by atoms with Gasteiger partial charge in [0.1, 0.15) is 0 Å². The highest BCUT2D eigenvalue weighted by molar-refractivity contribution is 6.33. The smallest absolute Gasteiger partial charge is 0.180 e. The van der Waals surface area contributed by atoms with Gasteiger partial charge in [-0.2, -0.15) is 0 Å². The first-order chi connectivity index (χ1) is 17.5. The van der Waals surface area contributed by atoms with Crippen LogP contribution in [0.4, 0.5) is 0 Å². The molecule has 0 aromatic heterocycles. The van der Waals surface area contributed by atoms with Crippen LogP contribution >= 0.6 is 0 Å². The van der Waals surface area contributed by atoms with Gasteiger partial charge in [0.05, 0.1) is 5.41 Å². The molecule has 2 aliphatic carbocycles. The first kappa shape index (κ1) is 31.9. The molecule has 3 nitrogen and oxygen atoms in total. The Hall–Kier alpha value is -2.29. The molecule has 0 heterocycles. The minimum Gasteiger partial charge on any atom is -0.298 e. The molecule has 0 spiro atoms. The van der Waals surface area contributed by atoms with Crippen LogP contribution in [0.3, 0.4) is 0 Å². The van der Waals surface area contributed by atoms with E-state index in [1.807, 2.05) is 47.6 Å². The molecule has 0 radical (unpaired) electrons. The number of allylic oxidation sites excluding steroid dienone is 10. The van der Waals surface area contributed by atoms with Crippen LogP contribution in [0.15, 0.2) is 58.2 Å². The molecule has 2 aliphatic rings. The molecule has 2 unspecified atom stereocenters. The van der Waals surface area contributed by atoms with E-state index in [0.29, 0.717) is 31.3 Å². The van der Waals surface area contributed by atoms with Gasteiger partial charge in [0.25, 0.3) is 0 Å². The zero-order chi connectivity index (χ0) is 29.1. The topological polar surface area (TPSA) is 51.2 Å². The van der Waals surface area contributed by atoms with Crippen molar-refractivity contribution in [2.24, 2.45) is 28.1 Å². The van der Waals surface area contributed by atoms with Crippen molar-refractivity contribution in [3.05, 3.63) is 58.2 Å². The summed E-state index contributed by atoms with van der Waals surface area (Å²) in [5, 5.41) is 0. The zero-order valence-electron chi connectivity index (χ0n) is 26.0. The van der Waals surface area contributed by atoms with E-state index in [0.717, 1.165) is 24.0 Å². The van der Waals surface area contributed by atoms with Gasteiger partial charge in [-0.05, 0) is 111 Å². The van der Waals surface area contributed by atoms with E-state index in [4.69, 9.17) is 0 Å². The fraction of sp³-hybridized carbons (Fsp3) is 0.629. The Balaban J connectivity index is 3.01. The van der Waals surface area contributed by atoms with E-state index in [-0.39, 0.29) is 23.3 Å². The van der Waals surface area contributed by atoms with E-state index < -0.39 is 22.2 Å². The van der Waals surface area contributed by atoms with Crippen LogP contribution in [0.2, 0.25) is 0 Å². The largest absolute Gasteiger partial charge is 0.298 e. The highest BCUT2D eigenvalue weighted by Gasteiger charge is 2.73. The molecule has 0 N–H and O–H groups in total. The fourth-order valence-electron chi connectivity index (χ4n) is 6.62. The second kappa shape index (κ2) is 12.3. The number of carbonyl (C=O) groups excluding carboxylic acids is 3. The van der Waals surface area contributed by atoms with Crippen LogP contribution in [0.5, 0.6) is 0 Å². The third kappa shape index (κ3) is 5.97. The van der Waals surface area contributed by atoms with E-state index in [9.17, 15) is 14.4 Å². The Morgan fingerprint density at radius 2 is 1.45 bits per heavy atom. The quantitative estimate of drug-likeness (QED) is 0.202. The number of hydrogen-bond acceptors (Lipinski definition) is 3. The summed E-state index contributed by atoms with van der Waals surface area (Å²) in [6.45, 7) is 22.2. The lowest BCUT2D eigenvalue weighted by Crippen LogP contribution is -2.70. The molecule has 3 heteroatoms. The van der Waals surface area contributed by atoms with Crippen LogP contribution in [0.1, 0.15) is 115 Å². The molecule has 1 fully saturated rings. The third-order valence-corrected chi connectivity index (χ3v) is 8.77. The predicted octanol–water partition coefficient (Wildman–Crippen LogP) is 9.10. The summed E-state index contributed by atoms with van der Waals surface area (Å²) in [6.07, 6.45) is 14.3. The molecule has 38 heavy (non-hydrogen) atoms. The van der Waals surface area contributed by atoms with Crippen molar-refractivity contribution in [1.29, 1.82) is 0 Å². The Morgan fingerprint density at radius 1 is 0.895 bits per heavy atom. The van der Waals surface area contributed by atoms with Crippen molar-refractivity contribution in [2.75, 3.05) is 0 Å². The fourth-order valence-corrected chi connectivity index (χ4v) is 6.62. The van der Waals surface area contributed by atoms with Gasteiger partial charge < -0.3 is 0 Å². The molecule has 0 aromatic rings. The average molecular weight is 521 g/mol. The highest BCUT2D eigenvalue weighted by Crippen LogP contribution is 2.66. The van der Waals surface area contributed by atoms with Gasteiger partial charge in [-0.15, -0.1) is 0 Å². The average Bonchev–Trinajstić information content (AvgIpc) is 2.80. The molecule has 2 bridgehead atoms. The Bertz CT molecular complexity index is 1090. The Morgan fingerprint density at radius 3 is 1.95 bits per heavy atom. The van der Waals surface area contributed by atoms with E-state index in [2.05, 4.69) is 58.9 Å². The third-order valence-electron chi connectivity index (χ3n) is 8.77. The predicted molar refractivity (Wildman–Crippen MR) is 160 cm³/mol. The normalized spacial score (nSPS) is 28.4. The summed E-state index contributed by atoms with van der Waals surface area (Å²) in [6, 6.07) is 0. The number of fused-ring (bicyclic) bond motifs is 2. The van der Waals surface area contributed by atoms with Gasteiger partial charge in [0.15, 0.2) is 22.8 Å². The summed E-state index contributed by atoms with van der Waals surface area (Å²) in [4.78, 5) is 44.1. The summed E-state index contributed by atoms with van der Waals surface area (Å²) in [7, 11) is 0. The van der Waals surface area contributed by atoms with Gasteiger partial charge in [0.2, 0.25) is 0 Å². The zero-order valence-corrected chi connectivity index (χ0v) is 26.0. The molecule has 0 aliphatic heterocycles. The molecule has 4 atom stereocenters. The number of Topliss-reactive ketones (excluding diaryl/α,β-unsaturated/α-hetero) is 3. The second-order valence-electron chi connectivity index (χ2n) is 13.4. The molecule has 0 amide bonds. The van der Waals surface area contributed by atoms with Crippen molar-refractivity contribution < 1.29 is 14.4 Å². The van der Waals surface area contributed by atoms with Crippen LogP contribution in [-0.2, 0) is 14.4 Å². The van der Waals surface area contributed by atoms with Gasteiger partial charge in [-0.1, -0.05) is 73.4 Å². The molecular weight excluding hydrogens is 468 g/mol. The van der Waals surface area contributed by atoms with Gasteiger partial charge in [-0.3, -0.25) is 14.4 Å². The summed E-state index contributed by atoms with van der Waals surface area (Å²) >= 11 is 0. The highest BCUT2D eigenvalue weighted by atomic mass is 16.2. The van der Waals surface area contributed by atoms with Gasteiger partial charge >= 0.3 is 0 Å². The molecule has 0 saturated heterocycles. The van der Waals surface area contributed by atoms with Gasteiger partial charge in [0, 0.05) is 5.92 Å². The lowest BCUT2D eigenvalue weighted by Gasteiger charge is -2.60. The monoisotopic (exact) mass is 520 g/mol. The SMILES string of the molecule is CC(C)=CCCC1(C)C(CC=C(C)C)C[C@@]2(CC=C(C)C)C=C(CC=C(C)C)C(=O)[C@]1(C(=O)C(C)C)C2=O. The molecule has 0 aromatic carbocycles. The summed E-state index contributed by atoms with van der Waals surface area (Å²) in [5.41, 5.74) is 2.03. The lowest BCUT2D eigenvalue weighted by atomic mass is 9.38. The number of ketones is 3. The first-order valence-corrected chi connectivity index (χ1v) is 14.4. The maximum atomic E-state index is 14.9. The van der Waals surface area contributed by atoms with Crippen LogP contribution in [0.25, 0.3) is 0 Å². The van der Waals surface area contributed by atoms with Gasteiger partial charge in [-0.25, -0.2) is 0 Å². The van der Waals surface area contributed by atoms with E-state index >= 15 is 0 Å². The lowest BCUT2D eigenvalue weighted by molar-refractivity contribution is -0.177. The minimum atomic E-state index is -1.66. The molecule has 2 rings (SSSR count). The summed E-state index contributed by atoms with van der Waals surface area (Å²) < 4.78 is 0. The maximum absolute atomic E-state index is 14.9. The number of rotatable bonds is 11. The Kier molecular flexibility index (Phi) is 10.3. The first-order valence-electron chi connectivity index (χ1n) is 14.4. The van der Waals surface area contributed by atoms with Crippen molar-refractivity contribution in [3.63, 3.8) is 0 Å². The van der Waals surface area contributed by atoms with Crippen LogP contribution in [0, 0.1) is 28.1 Å². The van der Waals surface area contributed by atoms with Crippen molar-refractivity contribution in [2.45, 2.75) is 115 Å². The Labute approximate surface area is 232 Å². The minimum absolute atomic E-state index is 0.0270. The molecule has 210 valence electrons. The summed E-state index contributed by atoms with van der Waals surface area (Å²) in [5.74, 6) is -0.983. The molecular formula is C35H52O3. The van der Waals surface area contributed by atoms with Crippen LogP contribution in [-0.4, -0.2) is 17.3 Å². The van der Waals surface area contributed by atoms with Crippen molar-refractivity contribution in [3.8, 4) is 0 Å². The maximum Gasteiger partial charge on any atom is 0.180 e. The molecule has 1 saturated carbocycles. The second-order valence-corrected chi connectivity index (χ2v) is 13.4. The van der Waals surface area contributed by atoms with Crippen molar-refractivity contribution in [1.82, 2.24) is 0 Å². The van der Waals surface area contributed by atoms with Crippen LogP contribution < -0.4 is 0 Å². The number of carbonyl (C=O) groups is 3. The van der Waals surface area contributed by atoms with E-state index in [1.165, 1.54) is 11.1 Å². The van der Waals surface area contributed by atoms with E-state index in [1.54, 1.807) is 0 Å². The standard InChI is InChI=1S/C35H52O3/c1-23(2)13-12-19-33(11)29(17-15-25(5)6)22-34(20-18-26(7)8)21-28(16-14-24(3)4)31(37)35(33,32(34)38)30(36)27(9)10/h13-15,18,21,27,29H,12,16-17,19-20,22H2,1-11H3/t29?,33?,34-,35-/m1/s1. The number of hydrogen-bond donors (Lipinski definition) is 0. The van der Waals surface area contributed by atoms with Crippen molar-refractivity contribution >= 4 is 17.3 Å².